The van der Waals surface area contributed by atoms with E-state index in [4.69, 9.17) is 0 Å². The highest BCUT2D eigenvalue weighted by Gasteiger charge is 2.12. The molecular formula is C7H19NOP2S. The van der Waals surface area contributed by atoms with Crippen LogP contribution in [0.3, 0.4) is 0 Å². The van der Waals surface area contributed by atoms with E-state index in [0.717, 1.165) is 38.3 Å². The van der Waals surface area contributed by atoms with Crippen molar-refractivity contribution in [3.63, 3.8) is 0 Å². The summed E-state index contributed by atoms with van der Waals surface area (Å²) in [5.41, 5.74) is 0. The fourth-order valence-electron chi connectivity index (χ4n) is 0.904. The highest BCUT2D eigenvalue weighted by molar-refractivity contribution is 7.88. The van der Waals surface area contributed by atoms with Crippen LogP contribution >= 0.6 is 18.5 Å². The second-order valence-electron chi connectivity index (χ2n) is 2.64. The third kappa shape index (κ3) is 6.62. The average Bonchev–Trinajstić information content (AvgIpc) is 2.04. The Labute approximate surface area is 83.6 Å². The molecule has 0 aliphatic heterocycles. The van der Waals surface area contributed by atoms with Gasteiger partial charge in [0, 0.05) is 24.5 Å². The molecule has 0 aliphatic carbocycles. The minimum absolute atomic E-state index is 0.792. The molecule has 0 aromatic carbocycles. The summed E-state index contributed by atoms with van der Waals surface area (Å²) < 4.78 is 13.2. The minimum Gasteiger partial charge on any atom is -0.598 e. The summed E-state index contributed by atoms with van der Waals surface area (Å²) in [5.74, 6) is 0. The van der Waals surface area contributed by atoms with Gasteiger partial charge >= 0.3 is 0 Å². The van der Waals surface area contributed by atoms with Gasteiger partial charge in [0.15, 0.2) is 0 Å². The fourth-order valence-corrected chi connectivity index (χ4v) is 2.04. The summed E-state index contributed by atoms with van der Waals surface area (Å²) in [4.78, 5) is 0. The largest absolute Gasteiger partial charge is 0.598 e. The lowest BCUT2D eigenvalue weighted by molar-refractivity contribution is 0.415. The van der Waals surface area contributed by atoms with Crippen molar-refractivity contribution in [1.82, 2.24) is 4.31 Å². The first-order valence-electron chi connectivity index (χ1n) is 4.21. The van der Waals surface area contributed by atoms with Crippen molar-refractivity contribution in [1.29, 1.82) is 0 Å². The van der Waals surface area contributed by atoms with Gasteiger partial charge in [-0.2, -0.15) is 0 Å². The molecule has 0 aromatic rings. The quantitative estimate of drug-likeness (QED) is 0.481. The van der Waals surface area contributed by atoms with Crippen LogP contribution in [0.4, 0.5) is 0 Å². The normalized spacial score (nSPS) is 13.8. The predicted molar refractivity (Wildman–Crippen MR) is 64.0 cm³/mol. The summed E-state index contributed by atoms with van der Waals surface area (Å²) >= 11 is -0.792. The lowest BCUT2D eigenvalue weighted by Crippen LogP contribution is -2.32. The fraction of sp³-hybridized carbons (Fsp3) is 1.00. The zero-order valence-electron chi connectivity index (χ0n) is 7.66. The van der Waals surface area contributed by atoms with Crippen molar-refractivity contribution in [3.05, 3.63) is 0 Å². The molecule has 5 heteroatoms. The summed E-state index contributed by atoms with van der Waals surface area (Å²) in [6, 6.07) is 0. The van der Waals surface area contributed by atoms with Gasteiger partial charge in [0.1, 0.15) is 6.26 Å². The summed E-state index contributed by atoms with van der Waals surface area (Å²) in [5, 5.41) is 0. The molecular weight excluding hydrogens is 208 g/mol. The van der Waals surface area contributed by atoms with E-state index in [0.29, 0.717) is 0 Å². The van der Waals surface area contributed by atoms with Crippen LogP contribution in [0, 0.1) is 0 Å². The van der Waals surface area contributed by atoms with E-state index in [1.165, 1.54) is 0 Å². The SMILES string of the molecule is C[S+]([O-])N(CCCP)CCCP. The second kappa shape index (κ2) is 8.72. The zero-order chi connectivity index (χ0) is 9.40. The number of hydrogen-bond acceptors (Lipinski definition) is 2. The first kappa shape index (κ1) is 13.1. The Morgan fingerprint density at radius 2 is 1.58 bits per heavy atom. The van der Waals surface area contributed by atoms with Crippen LogP contribution in [-0.2, 0) is 11.4 Å². The third-order valence-corrected chi connectivity index (χ3v) is 3.50. The molecule has 0 aliphatic rings. The van der Waals surface area contributed by atoms with E-state index in [9.17, 15) is 4.55 Å². The van der Waals surface area contributed by atoms with Gasteiger partial charge in [-0.25, -0.2) is 0 Å². The summed E-state index contributed by atoms with van der Waals surface area (Å²) in [6.45, 7) is 1.91. The highest BCUT2D eigenvalue weighted by atomic mass is 32.2. The van der Waals surface area contributed by atoms with Crippen molar-refractivity contribution in [3.8, 4) is 0 Å². The molecule has 0 heterocycles. The number of hydrogen-bond donors (Lipinski definition) is 0. The Bertz CT molecular complexity index is 97.4. The summed E-state index contributed by atoms with van der Waals surface area (Å²) in [6.07, 6.45) is 6.16. The van der Waals surface area contributed by atoms with E-state index in [2.05, 4.69) is 18.5 Å². The first-order valence-corrected chi connectivity index (χ1v) is 7.35. The standard InChI is InChI=1S/C7H19NOP2S/c1-12(9)8(4-2-6-10)5-3-7-11/h2-7,10-11H2,1H3. The van der Waals surface area contributed by atoms with Crippen LogP contribution in [0.1, 0.15) is 12.8 Å². The molecule has 0 saturated carbocycles. The Kier molecular flexibility index (Phi) is 9.54. The number of rotatable bonds is 7. The third-order valence-electron chi connectivity index (χ3n) is 1.59. The smallest absolute Gasteiger partial charge is 0.115 e. The zero-order valence-corrected chi connectivity index (χ0v) is 10.8. The van der Waals surface area contributed by atoms with Crippen molar-refractivity contribution < 1.29 is 4.55 Å². The number of nitrogens with zero attached hydrogens (tertiary/aromatic N) is 1. The molecule has 74 valence electrons. The van der Waals surface area contributed by atoms with Crippen LogP contribution in [0.5, 0.6) is 0 Å². The first-order chi connectivity index (χ1) is 5.72. The maximum atomic E-state index is 11.2. The maximum absolute atomic E-state index is 11.2. The van der Waals surface area contributed by atoms with Gasteiger partial charge in [-0.3, -0.25) is 0 Å². The van der Waals surface area contributed by atoms with E-state index in [-0.39, 0.29) is 0 Å². The monoisotopic (exact) mass is 227 g/mol. The van der Waals surface area contributed by atoms with Crippen LogP contribution in [0.2, 0.25) is 0 Å². The molecule has 0 saturated heterocycles. The van der Waals surface area contributed by atoms with Gasteiger partial charge in [-0.05, 0) is 25.2 Å². The summed E-state index contributed by atoms with van der Waals surface area (Å²) in [7, 11) is 5.39. The molecule has 0 amide bonds. The molecule has 0 aromatic heterocycles. The Morgan fingerprint density at radius 1 is 1.17 bits per heavy atom. The maximum Gasteiger partial charge on any atom is 0.115 e. The molecule has 3 unspecified atom stereocenters. The second-order valence-corrected chi connectivity index (χ2v) is 5.16. The van der Waals surface area contributed by atoms with Gasteiger partial charge in [-0.15, -0.1) is 22.8 Å². The van der Waals surface area contributed by atoms with Crippen LogP contribution in [0.15, 0.2) is 0 Å². The van der Waals surface area contributed by atoms with Crippen molar-refractivity contribution in [2.24, 2.45) is 0 Å². The molecule has 0 rings (SSSR count). The van der Waals surface area contributed by atoms with E-state index in [1.54, 1.807) is 6.26 Å². The van der Waals surface area contributed by atoms with Gasteiger partial charge in [0.05, 0.1) is 0 Å². The van der Waals surface area contributed by atoms with Crippen molar-refractivity contribution in [2.75, 3.05) is 31.7 Å². The van der Waals surface area contributed by atoms with E-state index in [1.807, 2.05) is 4.31 Å². The van der Waals surface area contributed by atoms with Crippen LogP contribution < -0.4 is 0 Å². The molecule has 0 N–H and O–H groups in total. The molecule has 3 atom stereocenters. The molecule has 0 radical (unpaired) electrons. The van der Waals surface area contributed by atoms with Gasteiger partial charge < -0.3 is 4.55 Å². The van der Waals surface area contributed by atoms with Crippen LogP contribution in [0.25, 0.3) is 0 Å². The predicted octanol–water partition coefficient (Wildman–Crippen LogP) is 1.11. The molecule has 0 bridgehead atoms. The Balaban J connectivity index is 3.55. The Morgan fingerprint density at radius 3 is 1.83 bits per heavy atom. The minimum atomic E-state index is -0.792. The average molecular weight is 227 g/mol. The van der Waals surface area contributed by atoms with Gasteiger partial charge in [0.25, 0.3) is 0 Å². The van der Waals surface area contributed by atoms with Crippen molar-refractivity contribution in [2.45, 2.75) is 12.8 Å². The highest BCUT2D eigenvalue weighted by Crippen LogP contribution is 2.03. The van der Waals surface area contributed by atoms with Crippen LogP contribution in [-0.4, -0.2) is 40.5 Å². The van der Waals surface area contributed by atoms with E-state index >= 15 is 0 Å². The molecule has 12 heavy (non-hydrogen) atoms. The van der Waals surface area contributed by atoms with E-state index < -0.39 is 11.4 Å². The topological polar surface area (TPSA) is 26.3 Å². The van der Waals surface area contributed by atoms with Crippen molar-refractivity contribution >= 4 is 29.8 Å². The molecule has 0 spiro atoms. The van der Waals surface area contributed by atoms with Gasteiger partial charge in [-0.1, -0.05) is 0 Å². The van der Waals surface area contributed by atoms with Gasteiger partial charge in [0.2, 0.25) is 0 Å². The Hall–Kier alpha value is 1.13. The molecule has 0 fully saturated rings. The lowest BCUT2D eigenvalue weighted by atomic mass is 10.4. The molecule has 2 nitrogen and oxygen atoms in total. The lowest BCUT2D eigenvalue weighted by Gasteiger charge is -2.20.